The standard InChI is InChI=1S/C18H17N3O/c19-11-13-1-3-15(4-2-13)18(22)21-17-7-5-14(6-8-17)16-9-10-20-12-16/h1-8,16,20H,9-10,12H2,(H,21,22)/t16-/m1/s1. The van der Waals surface area contributed by atoms with E-state index in [0.29, 0.717) is 17.0 Å². The van der Waals surface area contributed by atoms with E-state index in [9.17, 15) is 4.79 Å². The fraction of sp³-hybridized carbons (Fsp3) is 0.222. The fourth-order valence-corrected chi connectivity index (χ4v) is 2.68. The zero-order chi connectivity index (χ0) is 15.4. The molecule has 1 saturated heterocycles. The zero-order valence-electron chi connectivity index (χ0n) is 12.2. The van der Waals surface area contributed by atoms with Crippen molar-refractivity contribution in [2.75, 3.05) is 18.4 Å². The van der Waals surface area contributed by atoms with Crippen molar-refractivity contribution in [3.8, 4) is 6.07 Å². The van der Waals surface area contributed by atoms with Crippen molar-refractivity contribution < 1.29 is 4.79 Å². The van der Waals surface area contributed by atoms with Gasteiger partial charge in [-0.05, 0) is 60.8 Å². The number of hydrogen-bond donors (Lipinski definition) is 2. The van der Waals surface area contributed by atoms with E-state index in [1.165, 1.54) is 5.56 Å². The number of nitriles is 1. The SMILES string of the molecule is N#Cc1ccc(C(=O)Nc2ccc([C@@H]3CCNC3)cc2)cc1. The summed E-state index contributed by atoms with van der Waals surface area (Å²) in [5.41, 5.74) is 3.18. The second-order valence-corrected chi connectivity index (χ2v) is 5.46. The van der Waals surface area contributed by atoms with E-state index >= 15 is 0 Å². The van der Waals surface area contributed by atoms with Gasteiger partial charge in [-0.15, -0.1) is 0 Å². The van der Waals surface area contributed by atoms with Gasteiger partial charge in [-0.2, -0.15) is 5.26 Å². The molecule has 0 aromatic heterocycles. The Hall–Kier alpha value is -2.64. The maximum Gasteiger partial charge on any atom is 0.255 e. The summed E-state index contributed by atoms with van der Waals surface area (Å²) in [5, 5.41) is 15.0. The van der Waals surface area contributed by atoms with Crippen LogP contribution in [-0.2, 0) is 0 Å². The van der Waals surface area contributed by atoms with Gasteiger partial charge < -0.3 is 10.6 Å². The number of rotatable bonds is 3. The molecule has 0 radical (unpaired) electrons. The molecule has 1 amide bonds. The minimum absolute atomic E-state index is 0.167. The molecule has 4 heteroatoms. The Kier molecular flexibility index (Phi) is 4.17. The maximum absolute atomic E-state index is 12.2. The molecule has 1 atom stereocenters. The summed E-state index contributed by atoms with van der Waals surface area (Å²) in [4.78, 5) is 12.2. The fourth-order valence-electron chi connectivity index (χ4n) is 2.68. The van der Waals surface area contributed by atoms with Crippen LogP contribution < -0.4 is 10.6 Å². The summed E-state index contributed by atoms with van der Waals surface area (Å²) in [6, 6.07) is 16.7. The van der Waals surface area contributed by atoms with Crippen molar-refractivity contribution in [3.05, 3.63) is 65.2 Å². The summed E-state index contributed by atoms with van der Waals surface area (Å²) < 4.78 is 0. The highest BCUT2D eigenvalue weighted by Gasteiger charge is 2.16. The van der Waals surface area contributed by atoms with E-state index < -0.39 is 0 Å². The van der Waals surface area contributed by atoms with Crippen molar-refractivity contribution >= 4 is 11.6 Å². The Balaban J connectivity index is 1.66. The van der Waals surface area contributed by atoms with E-state index in [2.05, 4.69) is 22.8 Å². The molecule has 1 aliphatic heterocycles. The summed E-state index contributed by atoms with van der Waals surface area (Å²) >= 11 is 0. The molecule has 110 valence electrons. The number of anilines is 1. The first kappa shape index (κ1) is 14.3. The van der Waals surface area contributed by atoms with Gasteiger partial charge in [0.25, 0.3) is 5.91 Å². The van der Waals surface area contributed by atoms with Crippen LogP contribution in [0.25, 0.3) is 0 Å². The minimum Gasteiger partial charge on any atom is -0.322 e. The number of nitrogens with one attached hydrogen (secondary N) is 2. The summed E-state index contributed by atoms with van der Waals surface area (Å²) in [6.45, 7) is 2.10. The van der Waals surface area contributed by atoms with E-state index in [4.69, 9.17) is 5.26 Å². The summed E-state index contributed by atoms with van der Waals surface area (Å²) in [7, 11) is 0. The monoisotopic (exact) mass is 291 g/mol. The first-order chi connectivity index (χ1) is 10.8. The highest BCUT2D eigenvalue weighted by atomic mass is 16.1. The highest BCUT2D eigenvalue weighted by Crippen LogP contribution is 2.23. The first-order valence-corrected chi connectivity index (χ1v) is 7.38. The van der Waals surface area contributed by atoms with Crippen LogP contribution in [0.1, 0.15) is 33.8 Å². The lowest BCUT2D eigenvalue weighted by molar-refractivity contribution is 0.102. The van der Waals surface area contributed by atoms with Gasteiger partial charge >= 0.3 is 0 Å². The molecule has 1 fully saturated rings. The van der Waals surface area contributed by atoms with Crippen molar-refractivity contribution in [1.29, 1.82) is 5.26 Å². The molecule has 0 saturated carbocycles. The molecule has 0 unspecified atom stereocenters. The molecular formula is C18H17N3O. The molecular weight excluding hydrogens is 274 g/mol. The molecule has 1 aliphatic rings. The van der Waals surface area contributed by atoms with Crippen LogP contribution in [0.15, 0.2) is 48.5 Å². The van der Waals surface area contributed by atoms with Crippen LogP contribution in [0, 0.1) is 11.3 Å². The third-order valence-corrected chi connectivity index (χ3v) is 3.98. The van der Waals surface area contributed by atoms with Gasteiger partial charge in [0.15, 0.2) is 0 Å². The van der Waals surface area contributed by atoms with Crippen LogP contribution in [0.3, 0.4) is 0 Å². The Morgan fingerprint density at radius 1 is 1.14 bits per heavy atom. The molecule has 0 bridgehead atoms. The van der Waals surface area contributed by atoms with Crippen LogP contribution in [0.5, 0.6) is 0 Å². The number of hydrogen-bond acceptors (Lipinski definition) is 3. The van der Waals surface area contributed by atoms with Gasteiger partial charge in [0, 0.05) is 17.8 Å². The number of carbonyl (C=O) groups is 1. The van der Waals surface area contributed by atoms with Crippen LogP contribution >= 0.6 is 0 Å². The third kappa shape index (κ3) is 3.16. The smallest absolute Gasteiger partial charge is 0.255 e. The van der Waals surface area contributed by atoms with Crippen molar-refractivity contribution in [2.24, 2.45) is 0 Å². The zero-order valence-corrected chi connectivity index (χ0v) is 12.2. The number of benzene rings is 2. The number of carbonyl (C=O) groups excluding carboxylic acids is 1. The number of nitrogens with zero attached hydrogens (tertiary/aromatic N) is 1. The van der Waals surface area contributed by atoms with Crippen LogP contribution in [0.4, 0.5) is 5.69 Å². The predicted molar refractivity (Wildman–Crippen MR) is 85.8 cm³/mol. The highest BCUT2D eigenvalue weighted by molar-refractivity contribution is 6.04. The normalized spacial score (nSPS) is 17.0. The Morgan fingerprint density at radius 3 is 2.45 bits per heavy atom. The lowest BCUT2D eigenvalue weighted by Gasteiger charge is -2.10. The maximum atomic E-state index is 12.2. The summed E-state index contributed by atoms with van der Waals surface area (Å²) in [6.07, 6.45) is 1.16. The molecule has 2 aromatic carbocycles. The van der Waals surface area contributed by atoms with Gasteiger partial charge in [0.2, 0.25) is 0 Å². The lowest BCUT2D eigenvalue weighted by Crippen LogP contribution is -2.12. The minimum atomic E-state index is -0.167. The van der Waals surface area contributed by atoms with Gasteiger partial charge in [0.1, 0.15) is 0 Å². The molecule has 3 rings (SSSR count). The topological polar surface area (TPSA) is 64.9 Å². The van der Waals surface area contributed by atoms with E-state index in [1.807, 2.05) is 18.2 Å². The molecule has 1 heterocycles. The first-order valence-electron chi connectivity index (χ1n) is 7.38. The average Bonchev–Trinajstić information content (AvgIpc) is 3.10. The molecule has 22 heavy (non-hydrogen) atoms. The Morgan fingerprint density at radius 2 is 1.86 bits per heavy atom. The third-order valence-electron chi connectivity index (χ3n) is 3.98. The van der Waals surface area contributed by atoms with Gasteiger partial charge in [-0.25, -0.2) is 0 Å². The molecule has 2 aromatic rings. The van der Waals surface area contributed by atoms with Crippen LogP contribution in [0.2, 0.25) is 0 Å². The second-order valence-electron chi connectivity index (χ2n) is 5.46. The van der Waals surface area contributed by atoms with E-state index in [1.54, 1.807) is 24.3 Å². The molecule has 0 spiro atoms. The van der Waals surface area contributed by atoms with Crippen molar-refractivity contribution in [3.63, 3.8) is 0 Å². The number of amides is 1. The van der Waals surface area contributed by atoms with Crippen molar-refractivity contribution in [1.82, 2.24) is 5.32 Å². The molecule has 2 N–H and O–H groups in total. The molecule has 4 nitrogen and oxygen atoms in total. The Labute approximate surface area is 129 Å². The predicted octanol–water partition coefficient (Wildman–Crippen LogP) is 2.89. The van der Waals surface area contributed by atoms with Crippen LogP contribution in [-0.4, -0.2) is 19.0 Å². The summed E-state index contributed by atoms with van der Waals surface area (Å²) in [5.74, 6) is 0.406. The average molecular weight is 291 g/mol. The quantitative estimate of drug-likeness (QED) is 0.914. The lowest BCUT2D eigenvalue weighted by atomic mass is 9.98. The van der Waals surface area contributed by atoms with E-state index in [0.717, 1.165) is 25.2 Å². The molecule has 0 aliphatic carbocycles. The second kappa shape index (κ2) is 6.42. The Bertz CT molecular complexity index is 693. The largest absolute Gasteiger partial charge is 0.322 e. The van der Waals surface area contributed by atoms with E-state index in [-0.39, 0.29) is 5.91 Å². The van der Waals surface area contributed by atoms with Gasteiger partial charge in [0.05, 0.1) is 11.6 Å². The van der Waals surface area contributed by atoms with Crippen molar-refractivity contribution in [2.45, 2.75) is 12.3 Å². The van der Waals surface area contributed by atoms with Gasteiger partial charge in [-0.1, -0.05) is 12.1 Å². The van der Waals surface area contributed by atoms with Gasteiger partial charge in [-0.3, -0.25) is 4.79 Å².